The van der Waals surface area contributed by atoms with Gasteiger partial charge in [-0.3, -0.25) is 0 Å². The van der Waals surface area contributed by atoms with Gasteiger partial charge in [0.1, 0.15) is 0 Å². The zero-order valence-electron chi connectivity index (χ0n) is 11.4. The monoisotopic (exact) mass is 244 g/mol. The molecule has 0 spiro atoms. The fraction of sp³-hybridized carbons (Fsp3) is 0.625. The number of benzene rings is 1. The molecular formula is C16H24N2. The van der Waals surface area contributed by atoms with Crippen molar-refractivity contribution in [2.75, 3.05) is 20.1 Å². The third-order valence-corrected chi connectivity index (χ3v) is 4.71. The van der Waals surface area contributed by atoms with Crippen molar-refractivity contribution >= 4 is 0 Å². The number of hydrogen-bond donors (Lipinski definition) is 2. The molecule has 0 aromatic heterocycles. The minimum atomic E-state index is 0.577. The average molecular weight is 244 g/mol. The van der Waals surface area contributed by atoms with E-state index in [1.165, 1.54) is 19.4 Å². The first-order valence-corrected chi connectivity index (χ1v) is 7.27. The van der Waals surface area contributed by atoms with Gasteiger partial charge in [0.15, 0.2) is 0 Å². The molecule has 0 saturated heterocycles. The van der Waals surface area contributed by atoms with E-state index in [1.54, 1.807) is 11.1 Å². The van der Waals surface area contributed by atoms with Gasteiger partial charge in [0.25, 0.3) is 0 Å². The van der Waals surface area contributed by atoms with Gasteiger partial charge in [-0.05, 0) is 62.2 Å². The molecule has 0 bridgehead atoms. The highest BCUT2D eigenvalue weighted by atomic mass is 15.0. The molecule has 0 heterocycles. The summed E-state index contributed by atoms with van der Waals surface area (Å²) in [5, 5.41) is 6.90. The lowest BCUT2D eigenvalue weighted by Gasteiger charge is -2.13. The molecule has 2 nitrogen and oxygen atoms in total. The highest BCUT2D eigenvalue weighted by Crippen LogP contribution is 2.59. The van der Waals surface area contributed by atoms with Gasteiger partial charge in [0, 0.05) is 12.6 Å². The predicted molar refractivity (Wildman–Crippen MR) is 75.9 cm³/mol. The van der Waals surface area contributed by atoms with Gasteiger partial charge < -0.3 is 10.6 Å². The summed E-state index contributed by atoms with van der Waals surface area (Å²) < 4.78 is 0. The van der Waals surface area contributed by atoms with Gasteiger partial charge in [0.2, 0.25) is 0 Å². The van der Waals surface area contributed by atoms with Gasteiger partial charge in [-0.15, -0.1) is 0 Å². The predicted octanol–water partition coefficient (Wildman–Crippen LogP) is 2.16. The summed E-state index contributed by atoms with van der Waals surface area (Å²) in [7, 11) is 2.02. The molecule has 18 heavy (non-hydrogen) atoms. The van der Waals surface area contributed by atoms with E-state index >= 15 is 0 Å². The molecule has 2 aliphatic carbocycles. The lowest BCUT2D eigenvalue weighted by atomic mass is 9.92. The fourth-order valence-corrected chi connectivity index (χ4v) is 3.70. The summed E-state index contributed by atoms with van der Waals surface area (Å²) in [6, 6.07) is 9.63. The Labute approximate surface area is 110 Å². The van der Waals surface area contributed by atoms with Gasteiger partial charge in [-0.2, -0.15) is 0 Å². The average Bonchev–Trinajstić information content (AvgIpc) is 3.11. The lowest BCUT2D eigenvalue weighted by Crippen LogP contribution is -2.36. The molecular weight excluding hydrogens is 220 g/mol. The Morgan fingerprint density at radius 2 is 2.17 bits per heavy atom. The fourth-order valence-electron chi connectivity index (χ4n) is 3.70. The van der Waals surface area contributed by atoms with Gasteiger partial charge >= 0.3 is 0 Å². The SMILES string of the molecule is CNCC(C)NCC1C2CCc3ccccc3C21. The van der Waals surface area contributed by atoms with Gasteiger partial charge in [-0.1, -0.05) is 24.3 Å². The molecule has 3 rings (SSSR count). The topological polar surface area (TPSA) is 24.1 Å². The molecule has 1 aromatic rings. The molecule has 1 fully saturated rings. The van der Waals surface area contributed by atoms with Crippen LogP contribution in [0.4, 0.5) is 0 Å². The normalized spacial score (nSPS) is 30.4. The number of nitrogens with one attached hydrogen (secondary N) is 2. The van der Waals surface area contributed by atoms with Crippen LogP contribution in [0.1, 0.15) is 30.4 Å². The summed E-state index contributed by atoms with van der Waals surface area (Å²) in [6.45, 7) is 4.50. The summed E-state index contributed by atoms with van der Waals surface area (Å²) in [6.07, 6.45) is 2.69. The van der Waals surface area contributed by atoms with Crippen LogP contribution in [0.15, 0.2) is 24.3 Å². The largest absolute Gasteiger partial charge is 0.318 e. The van der Waals surface area contributed by atoms with E-state index in [0.29, 0.717) is 6.04 Å². The van der Waals surface area contributed by atoms with Crippen molar-refractivity contribution in [1.82, 2.24) is 10.6 Å². The molecule has 1 saturated carbocycles. The van der Waals surface area contributed by atoms with E-state index in [0.717, 1.165) is 24.3 Å². The second-order valence-corrected chi connectivity index (χ2v) is 5.96. The van der Waals surface area contributed by atoms with Crippen LogP contribution in [0.3, 0.4) is 0 Å². The zero-order valence-corrected chi connectivity index (χ0v) is 11.4. The van der Waals surface area contributed by atoms with E-state index in [9.17, 15) is 0 Å². The van der Waals surface area contributed by atoms with Crippen LogP contribution in [-0.4, -0.2) is 26.2 Å². The number of aryl methyl sites for hydroxylation is 1. The molecule has 4 unspecified atom stereocenters. The van der Waals surface area contributed by atoms with Crippen LogP contribution in [0.2, 0.25) is 0 Å². The maximum Gasteiger partial charge on any atom is 0.0164 e. The maximum atomic E-state index is 3.67. The summed E-state index contributed by atoms with van der Waals surface area (Å²) in [5.41, 5.74) is 3.24. The Kier molecular flexibility index (Phi) is 3.40. The van der Waals surface area contributed by atoms with E-state index in [4.69, 9.17) is 0 Å². The third-order valence-electron chi connectivity index (χ3n) is 4.71. The van der Waals surface area contributed by atoms with Crippen molar-refractivity contribution in [2.24, 2.45) is 11.8 Å². The smallest absolute Gasteiger partial charge is 0.0164 e. The molecule has 2 aliphatic rings. The van der Waals surface area contributed by atoms with Crippen molar-refractivity contribution in [3.63, 3.8) is 0 Å². The van der Waals surface area contributed by atoms with Crippen molar-refractivity contribution in [2.45, 2.75) is 31.7 Å². The van der Waals surface area contributed by atoms with Crippen molar-refractivity contribution in [3.05, 3.63) is 35.4 Å². The minimum absolute atomic E-state index is 0.577. The van der Waals surface area contributed by atoms with Crippen LogP contribution < -0.4 is 10.6 Å². The van der Waals surface area contributed by atoms with Gasteiger partial charge in [-0.25, -0.2) is 0 Å². The second-order valence-electron chi connectivity index (χ2n) is 5.96. The van der Waals surface area contributed by atoms with Gasteiger partial charge in [0.05, 0.1) is 0 Å². The molecule has 0 radical (unpaired) electrons. The van der Waals surface area contributed by atoms with Crippen LogP contribution in [-0.2, 0) is 6.42 Å². The second kappa shape index (κ2) is 5.02. The number of likely N-dealkylation sites (N-methyl/N-ethyl adjacent to an activating group) is 1. The van der Waals surface area contributed by atoms with E-state index in [-0.39, 0.29) is 0 Å². The van der Waals surface area contributed by atoms with E-state index in [2.05, 4.69) is 41.8 Å². The van der Waals surface area contributed by atoms with E-state index in [1.807, 2.05) is 7.05 Å². The third kappa shape index (κ3) is 2.19. The molecule has 1 aromatic carbocycles. The lowest BCUT2D eigenvalue weighted by molar-refractivity contribution is 0.491. The molecule has 2 N–H and O–H groups in total. The molecule has 0 amide bonds. The standard InChI is InChI=1S/C16H24N2/c1-11(9-17-2)18-10-15-14-8-7-12-5-3-4-6-13(12)16(14)15/h3-6,11,14-18H,7-10H2,1-2H3. The zero-order chi connectivity index (χ0) is 12.5. The Hall–Kier alpha value is -0.860. The Morgan fingerprint density at radius 3 is 3.00 bits per heavy atom. The van der Waals surface area contributed by atoms with Crippen LogP contribution in [0, 0.1) is 11.8 Å². The highest BCUT2D eigenvalue weighted by molar-refractivity contribution is 5.39. The molecule has 98 valence electrons. The van der Waals surface area contributed by atoms with Crippen LogP contribution >= 0.6 is 0 Å². The Balaban J connectivity index is 1.60. The number of hydrogen-bond acceptors (Lipinski definition) is 2. The highest BCUT2D eigenvalue weighted by Gasteiger charge is 2.52. The maximum absolute atomic E-state index is 3.67. The molecule has 2 heteroatoms. The van der Waals surface area contributed by atoms with Crippen molar-refractivity contribution in [1.29, 1.82) is 0 Å². The summed E-state index contributed by atoms with van der Waals surface area (Å²) in [5.74, 6) is 2.69. The van der Waals surface area contributed by atoms with E-state index < -0.39 is 0 Å². The first-order valence-electron chi connectivity index (χ1n) is 7.27. The Morgan fingerprint density at radius 1 is 1.33 bits per heavy atom. The number of rotatable bonds is 5. The summed E-state index contributed by atoms with van der Waals surface area (Å²) in [4.78, 5) is 0. The van der Waals surface area contributed by atoms with Crippen LogP contribution in [0.25, 0.3) is 0 Å². The van der Waals surface area contributed by atoms with Crippen LogP contribution in [0.5, 0.6) is 0 Å². The van der Waals surface area contributed by atoms with Crippen molar-refractivity contribution < 1.29 is 0 Å². The molecule has 0 aliphatic heterocycles. The summed E-state index contributed by atoms with van der Waals surface area (Å²) >= 11 is 0. The molecule has 4 atom stereocenters. The first-order chi connectivity index (χ1) is 8.81. The Bertz CT molecular complexity index is 415. The quantitative estimate of drug-likeness (QED) is 0.829. The van der Waals surface area contributed by atoms with Crippen molar-refractivity contribution in [3.8, 4) is 0 Å². The minimum Gasteiger partial charge on any atom is -0.318 e. The first kappa shape index (κ1) is 12.2. The number of fused-ring (bicyclic) bond motifs is 3.